The van der Waals surface area contributed by atoms with Gasteiger partial charge in [-0.2, -0.15) is 5.10 Å². The number of carbonyl (C=O) groups excluding carboxylic acids is 2. The van der Waals surface area contributed by atoms with Crippen LogP contribution in [-0.2, 0) is 4.79 Å². The van der Waals surface area contributed by atoms with Crippen LogP contribution in [0.25, 0.3) is 0 Å². The van der Waals surface area contributed by atoms with Crippen LogP contribution in [0.4, 0.5) is 5.69 Å². The zero-order chi connectivity index (χ0) is 22.9. The first-order chi connectivity index (χ1) is 15.4. The summed E-state index contributed by atoms with van der Waals surface area (Å²) in [5, 5.41) is 14.7. The van der Waals surface area contributed by atoms with E-state index in [1.807, 2.05) is 19.1 Å². The third-order valence-corrected chi connectivity index (χ3v) is 4.20. The number of benzene rings is 3. The number of nitro benzene ring substituents is 1. The third kappa shape index (κ3) is 6.23. The summed E-state index contributed by atoms with van der Waals surface area (Å²) in [5.74, 6) is -0.678. The Morgan fingerprint density at radius 1 is 1.03 bits per heavy atom. The molecule has 0 fully saturated rings. The largest absolute Gasteiger partial charge is 0.477 e. The molecular weight excluding hydrogens is 414 g/mol. The number of hydrogen-bond donors (Lipinski definition) is 1. The summed E-state index contributed by atoms with van der Waals surface area (Å²) in [5.41, 5.74) is 4.19. The first-order valence-electron chi connectivity index (χ1n) is 9.49. The number of esters is 1. The van der Waals surface area contributed by atoms with Gasteiger partial charge in [-0.1, -0.05) is 29.8 Å². The smallest absolute Gasteiger partial charge is 0.343 e. The molecular formula is C23H19N3O6. The van der Waals surface area contributed by atoms with E-state index in [0.29, 0.717) is 16.9 Å². The molecule has 0 aromatic heterocycles. The number of hydrogen-bond acceptors (Lipinski definition) is 7. The van der Waals surface area contributed by atoms with Crippen molar-refractivity contribution in [1.82, 2.24) is 5.43 Å². The second-order valence-corrected chi connectivity index (χ2v) is 6.63. The van der Waals surface area contributed by atoms with Crippen LogP contribution in [-0.4, -0.2) is 29.6 Å². The predicted octanol–water partition coefficient (Wildman–Crippen LogP) is 3.65. The minimum atomic E-state index is -0.590. The molecule has 0 spiro atoms. The molecule has 9 nitrogen and oxygen atoms in total. The number of ether oxygens (including phenoxy) is 2. The molecule has 1 amide bonds. The second kappa shape index (κ2) is 10.5. The third-order valence-electron chi connectivity index (χ3n) is 4.20. The van der Waals surface area contributed by atoms with E-state index in [0.717, 1.165) is 5.56 Å². The average molecular weight is 433 g/mol. The quantitative estimate of drug-likeness (QED) is 0.190. The number of carbonyl (C=O) groups is 2. The van der Waals surface area contributed by atoms with E-state index < -0.39 is 23.4 Å². The highest BCUT2D eigenvalue weighted by molar-refractivity contribution is 5.91. The van der Waals surface area contributed by atoms with Gasteiger partial charge in [-0.15, -0.1) is 0 Å². The zero-order valence-electron chi connectivity index (χ0n) is 17.1. The summed E-state index contributed by atoms with van der Waals surface area (Å²) >= 11 is 0. The maximum Gasteiger partial charge on any atom is 0.343 e. The molecule has 0 radical (unpaired) electrons. The molecule has 0 atom stereocenters. The number of rotatable bonds is 8. The molecule has 0 saturated heterocycles. The fraction of sp³-hybridized carbons (Fsp3) is 0.0870. The molecule has 3 aromatic carbocycles. The fourth-order valence-electron chi connectivity index (χ4n) is 2.56. The molecule has 0 aliphatic carbocycles. The summed E-state index contributed by atoms with van der Waals surface area (Å²) in [4.78, 5) is 34.3. The van der Waals surface area contributed by atoms with E-state index in [1.165, 1.54) is 24.4 Å². The average Bonchev–Trinajstić information content (AvgIpc) is 2.79. The van der Waals surface area contributed by atoms with Crippen LogP contribution in [0.1, 0.15) is 21.5 Å². The molecule has 3 rings (SSSR count). The maximum atomic E-state index is 12.1. The van der Waals surface area contributed by atoms with Crippen LogP contribution in [0.3, 0.4) is 0 Å². The molecule has 9 heteroatoms. The monoisotopic (exact) mass is 433 g/mol. The number of nitro groups is 1. The van der Waals surface area contributed by atoms with Gasteiger partial charge in [-0.3, -0.25) is 14.9 Å². The molecule has 32 heavy (non-hydrogen) atoms. The van der Waals surface area contributed by atoms with Crippen molar-refractivity contribution in [3.8, 4) is 11.5 Å². The van der Waals surface area contributed by atoms with Crippen LogP contribution in [0.15, 0.2) is 77.9 Å². The van der Waals surface area contributed by atoms with Crippen molar-refractivity contribution in [1.29, 1.82) is 0 Å². The van der Waals surface area contributed by atoms with Gasteiger partial charge in [0, 0.05) is 6.07 Å². The Labute approximate surface area is 183 Å². The van der Waals surface area contributed by atoms with Crippen LogP contribution >= 0.6 is 0 Å². The minimum absolute atomic E-state index is 0.00703. The molecule has 162 valence electrons. The minimum Gasteiger partial charge on any atom is -0.477 e. The second-order valence-electron chi connectivity index (χ2n) is 6.63. The van der Waals surface area contributed by atoms with Crippen molar-refractivity contribution >= 4 is 23.8 Å². The van der Waals surface area contributed by atoms with Crippen LogP contribution < -0.4 is 14.9 Å². The standard InChI is InChI=1S/C23H19N3O6/c1-16-6-10-18(11-7-16)23(28)32-19-12-8-17(9-13-19)14-24-25-22(27)15-31-21-5-3-2-4-20(21)26(29)30/h2-14H,15H2,1H3,(H,25,27)/b24-14-. The SMILES string of the molecule is Cc1ccc(C(=O)Oc2ccc(/C=N\NC(=O)COc3ccccc3[N+](=O)[O-])cc2)cc1. The van der Waals surface area contributed by atoms with Crippen LogP contribution in [0.2, 0.25) is 0 Å². The van der Waals surface area contributed by atoms with E-state index in [1.54, 1.807) is 42.5 Å². The Bertz CT molecular complexity index is 1140. The topological polar surface area (TPSA) is 120 Å². The molecule has 0 unspecified atom stereocenters. The summed E-state index contributed by atoms with van der Waals surface area (Å²) in [6, 6.07) is 19.4. The normalized spacial score (nSPS) is 10.5. The van der Waals surface area contributed by atoms with Gasteiger partial charge < -0.3 is 9.47 Å². The van der Waals surface area contributed by atoms with Gasteiger partial charge in [0.05, 0.1) is 16.7 Å². The summed E-state index contributed by atoms with van der Waals surface area (Å²) < 4.78 is 10.5. The van der Waals surface area contributed by atoms with Gasteiger partial charge in [0.15, 0.2) is 12.4 Å². The molecule has 0 saturated carbocycles. The predicted molar refractivity (Wildman–Crippen MR) is 117 cm³/mol. The Kier molecular flexibility index (Phi) is 7.26. The van der Waals surface area contributed by atoms with Gasteiger partial charge in [-0.25, -0.2) is 10.2 Å². The van der Waals surface area contributed by atoms with E-state index in [-0.39, 0.29) is 11.4 Å². The van der Waals surface area contributed by atoms with Crippen molar-refractivity contribution < 1.29 is 24.0 Å². The molecule has 0 aliphatic rings. The number of aryl methyl sites for hydroxylation is 1. The van der Waals surface area contributed by atoms with Gasteiger partial charge >= 0.3 is 11.7 Å². The molecule has 0 aliphatic heterocycles. The lowest BCUT2D eigenvalue weighted by Crippen LogP contribution is -2.24. The zero-order valence-corrected chi connectivity index (χ0v) is 17.1. The lowest BCUT2D eigenvalue weighted by molar-refractivity contribution is -0.385. The highest BCUT2D eigenvalue weighted by Crippen LogP contribution is 2.25. The highest BCUT2D eigenvalue weighted by atomic mass is 16.6. The van der Waals surface area contributed by atoms with Crippen molar-refractivity contribution in [3.05, 3.63) is 99.6 Å². The van der Waals surface area contributed by atoms with E-state index in [9.17, 15) is 19.7 Å². The van der Waals surface area contributed by atoms with E-state index in [2.05, 4.69) is 10.5 Å². The summed E-state index contributed by atoms with van der Waals surface area (Å²) in [6.45, 7) is 1.50. The van der Waals surface area contributed by atoms with E-state index >= 15 is 0 Å². The first kappa shape index (κ1) is 22.2. The Morgan fingerprint density at radius 3 is 2.41 bits per heavy atom. The van der Waals surface area contributed by atoms with Crippen molar-refractivity contribution in [2.75, 3.05) is 6.61 Å². The van der Waals surface area contributed by atoms with Gasteiger partial charge in [0.2, 0.25) is 0 Å². The first-order valence-corrected chi connectivity index (χ1v) is 9.49. The van der Waals surface area contributed by atoms with Crippen LogP contribution in [0.5, 0.6) is 11.5 Å². The number of nitrogens with zero attached hydrogens (tertiary/aromatic N) is 2. The Hall–Kier alpha value is -4.53. The fourth-order valence-corrected chi connectivity index (χ4v) is 2.56. The van der Waals surface area contributed by atoms with Gasteiger partial charge in [-0.05, 0) is 55.0 Å². The highest BCUT2D eigenvalue weighted by Gasteiger charge is 2.14. The summed E-state index contributed by atoms with van der Waals surface area (Å²) in [7, 11) is 0. The summed E-state index contributed by atoms with van der Waals surface area (Å²) in [6.07, 6.45) is 1.40. The van der Waals surface area contributed by atoms with Crippen molar-refractivity contribution in [2.24, 2.45) is 5.10 Å². The van der Waals surface area contributed by atoms with Gasteiger partial charge in [0.1, 0.15) is 5.75 Å². The lowest BCUT2D eigenvalue weighted by atomic mass is 10.1. The number of hydrazone groups is 1. The number of amides is 1. The van der Waals surface area contributed by atoms with Crippen molar-refractivity contribution in [3.63, 3.8) is 0 Å². The maximum absolute atomic E-state index is 12.1. The molecule has 3 aromatic rings. The Morgan fingerprint density at radius 2 is 1.72 bits per heavy atom. The molecule has 0 bridgehead atoms. The Balaban J connectivity index is 1.48. The van der Waals surface area contributed by atoms with Crippen LogP contribution in [0, 0.1) is 17.0 Å². The van der Waals surface area contributed by atoms with Crippen molar-refractivity contribution in [2.45, 2.75) is 6.92 Å². The number of nitrogens with one attached hydrogen (secondary N) is 1. The molecule has 1 N–H and O–H groups in total. The lowest BCUT2D eigenvalue weighted by Gasteiger charge is -2.05. The van der Waals surface area contributed by atoms with Gasteiger partial charge in [0.25, 0.3) is 5.91 Å². The van der Waals surface area contributed by atoms with E-state index in [4.69, 9.17) is 9.47 Å². The molecule has 0 heterocycles. The number of para-hydroxylation sites is 2.